The molecular weight excluding hydrogens is 228 g/mol. The average Bonchev–Trinajstić information content (AvgIpc) is 2.27. The van der Waals surface area contributed by atoms with Gasteiger partial charge in [0.1, 0.15) is 11.3 Å². The Kier molecular flexibility index (Phi) is 4.42. The number of hydrogen-bond donors (Lipinski definition) is 0. The number of nitrogens with zero attached hydrogens (tertiary/aromatic N) is 2. The zero-order valence-corrected chi connectivity index (χ0v) is 10.1. The predicted molar refractivity (Wildman–Crippen MR) is 59.9 cm³/mol. The van der Waals surface area contributed by atoms with E-state index in [1.807, 2.05) is 0 Å². The Bertz CT molecular complexity index is 421. The van der Waals surface area contributed by atoms with E-state index in [0.29, 0.717) is 17.1 Å². The number of hydrogen-bond acceptors (Lipinski definition) is 6. The summed E-state index contributed by atoms with van der Waals surface area (Å²) >= 11 is 1.31. The van der Waals surface area contributed by atoms with Gasteiger partial charge in [0.2, 0.25) is 0 Å². The first kappa shape index (κ1) is 12.6. The molecule has 0 aromatic carbocycles. The maximum Gasteiger partial charge on any atom is 0.342 e. The number of thioether (sulfide) groups is 1. The van der Waals surface area contributed by atoms with Crippen molar-refractivity contribution in [3.05, 3.63) is 17.0 Å². The predicted octanol–water partition coefficient (Wildman–Crippen LogP) is 1.50. The summed E-state index contributed by atoms with van der Waals surface area (Å²) in [7, 11) is 0. The van der Waals surface area contributed by atoms with Gasteiger partial charge in [0.05, 0.1) is 12.3 Å². The highest BCUT2D eigenvalue weighted by molar-refractivity contribution is 7.98. The Morgan fingerprint density at radius 1 is 1.50 bits per heavy atom. The number of aldehydes is 1. The van der Waals surface area contributed by atoms with E-state index >= 15 is 0 Å². The molecule has 0 fully saturated rings. The van der Waals surface area contributed by atoms with Gasteiger partial charge in [0, 0.05) is 0 Å². The topological polar surface area (TPSA) is 69.2 Å². The minimum absolute atomic E-state index is 0.0790. The molecule has 16 heavy (non-hydrogen) atoms. The van der Waals surface area contributed by atoms with Crippen molar-refractivity contribution in [3.63, 3.8) is 0 Å². The minimum Gasteiger partial charge on any atom is -0.462 e. The fourth-order valence-electron chi connectivity index (χ4n) is 1.20. The summed E-state index contributed by atoms with van der Waals surface area (Å²) in [4.78, 5) is 30.5. The zero-order valence-electron chi connectivity index (χ0n) is 9.31. The molecule has 0 aliphatic carbocycles. The van der Waals surface area contributed by atoms with Crippen molar-refractivity contribution < 1.29 is 14.3 Å². The van der Waals surface area contributed by atoms with Crippen LogP contribution >= 0.6 is 11.8 Å². The fourth-order valence-corrected chi connectivity index (χ4v) is 1.62. The Hall–Kier alpha value is -1.43. The summed E-state index contributed by atoms with van der Waals surface area (Å²) in [6.07, 6.45) is 2.34. The second kappa shape index (κ2) is 5.60. The maximum absolute atomic E-state index is 11.6. The van der Waals surface area contributed by atoms with Crippen LogP contribution in [-0.4, -0.2) is 35.1 Å². The molecule has 0 saturated carbocycles. The van der Waals surface area contributed by atoms with Crippen molar-refractivity contribution in [1.82, 2.24) is 9.97 Å². The van der Waals surface area contributed by atoms with E-state index in [4.69, 9.17) is 4.74 Å². The molecule has 6 heteroatoms. The molecule has 0 spiro atoms. The summed E-state index contributed by atoms with van der Waals surface area (Å²) in [5, 5.41) is 0.465. The van der Waals surface area contributed by atoms with E-state index in [0.717, 1.165) is 0 Å². The van der Waals surface area contributed by atoms with Crippen LogP contribution in [0.2, 0.25) is 0 Å². The summed E-state index contributed by atoms with van der Waals surface area (Å²) in [5.41, 5.74) is 0.685. The molecule has 1 aromatic heterocycles. The number of esters is 1. The monoisotopic (exact) mass is 240 g/mol. The van der Waals surface area contributed by atoms with E-state index in [2.05, 4.69) is 9.97 Å². The SMILES string of the molecule is CCOC(=O)c1c(C)nc(SC)nc1C=O. The second-order valence-corrected chi connectivity index (χ2v) is 3.67. The first-order valence-corrected chi connectivity index (χ1v) is 5.91. The molecular formula is C10H12N2O3S. The van der Waals surface area contributed by atoms with Crippen molar-refractivity contribution in [2.75, 3.05) is 12.9 Å². The Morgan fingerprint density at radius 3 is 2.69 bits per heavy atom. The summed E-state index contributed by atoms with van der Waals surface area (Å²) < 4.78 is 4.84. The smallest absolute Gasteiger partial charge is 0.342 e. The van der Waals surface area contributed by atoms with Crippen molar-refractivity contribution in [2.45, 2.75) is 19.0 Å². The number of aryl methyl sites for hydroxylation is 1. The number of aromatic nitrogens is 2. The van der Waals surface area contributed by atoms with Gasteiger partial charge in [0.25, 0.3) is 0 Å². The van der Waals surface area contributed by atoms with Gasteiger partial charge in [-0.05, 0) is 20.1 Å². The Balaban J connectivity index is 3.26. The van der Waals surface area contributed by atoms with Gasteiger partial charge in [-0.15, -0.1) is 0 Å². The van der Waals surface area contributed by atoms with Crippen molar-refractivity contribution in [1.29, 1.82) is 0 Å². The number of ether oxygens (including phenoxy) is 1. The largest absolute Gasteiger partial charge is 0.462 e. The van der Waals surface area contributed by atoms with Crippen LogP contribution in [-0.2, 0) is 4.74 Å². The third kappa shape index (κ3) is 2.57. The zero-order chi connectivity index (χ0) is 12.1. The summed E-state index contributed by atoms with van der Waals surface area (Å²) in [6.45, 7) is 3.60. The molecule has 0 unspecified atom stereocenters. The molecule has 1 rings (SSSR count). The first-order valence-electron chi connectivity index (χ1n) is 4.69. The highest BCUT2D eigenvalue weighted by atomic mass is 32.2. The van der Waals surface area contributed by atoms with Crippen LogP contribution in [0.3, 0.4) is 0 Å². The van der Waals surface area contributed by atoms with E-state index < -0.39 is 5.97 Å². The van der Waals surface area contributed by atoms with E-state index in [1.165, 1.54) is 11.8 Å². The lowest BCUT2D eigenvalue weighted by molar-refractivity contribution is 0.0521. The molecule has 0 bridgehead atoms. The highest BCUT2D eigenvalue weighted by Gasteiger charge is 2.19. The molecule has 86 valence electrons. The molecule has 0 amide bonds. The average molecular weight is 240 g/mol. The van der Waals surface area contributed by atoms with E-state index in [-0.39, 0.29) is 17.9 Å². The third-order valence-corrected chi connectivity index (χ3v) is 2.42. The van der Waals surface area contributed by atoms with Gasteiger partial charge < -0.3 is 4.74 Å². The second-order valence-electron chi connectivity index (χ2n) is 2.89. The molecule has 0 N–H and O–H groups in total. The molecule has 1 heterocycles. The lowest BCUT2D eigenvalue weighted by Gasteiger charge is -2.07. The Morgan fingerprint density at radius 2 is 2.19 bits per heavy atom. The van der Waals surface area contributed by atoms with Crippen molar-refractivity contribution in [2.24, 2.45) is 0 Å². The summed E-state index contributed by atoms with van der Waals surface area (Å²) in [5.74, 6) is -0.560. The highest BCUT2D eigenvalue weighted by Crippen LogP contribution is 2.16. The van der Waals surface area contributed by atoms with Crippen LogP contribution in [0.25, 0.3) is 0 Å². The number of carbonyl (C=O) groups excluding carboxylic acids is 2. The summed E-state index contributed by atoms with van der Waals surface area (Å²) in [6, 6.07) is 0. The van der Waals surface area contributed by atoms with Gasteiger partial charge in [-0.2, -0.15) is 0 Å². The normalized spacial score (nSPS) is 9.94. The van der Waals surface area contributed by atoms with E-state index in [9.17, 15) is 9.59 Å². The van der Waals surface area contributed by atoms with Gasteiger partial charge >= 0.3 is 5.97 Å². The van der Waals surface area contributed by atoms with Crippen LogP contribution in [0, 0.1) is 6.92 Å². The Labute approximate surface area is 97.6 Å². The van der Waals surface area contributed by atoms with E-state index in [1.54, 1.807) is 20.1 Å². The van der Waals surface area contributed by atoms with Crippen LogP contribution in [0.5, 0.6) is 0 Å². The lowest BCUT2D eigenvalue weighted by Crippen LogP contribution is -2.13. The van der Waals surface area contributed by atoms with Gasteiger partial charge in [0.15, 0.2) is 11.4 Å². The quantitative estimate of drug-likeness (QED) is 0.344. The molecule has 0 aliphatic rings. The van der Waals surface area contributed by atoms with Gasteiger partial charge in [-0.25, -0.2) is 14.8 Å². The van der Waals surface area contributed by atoms with Crippen LogP contribution < -0.4 is 0 Å². The molecule has 5 nitrogen and oxygen atoms in total. The van der Waals surface area contributed by atoms with Crippen LogP contribution in [0.15, 0.2) is 5.16 Å². The molecule has 0 aliphatic heterocycles. The standard InChI is InChI=1S/C10H12N2O3S/c1-4-15-9(14)8-6(2)11-10(16-3)12-7(8)5-13/h5H,4H2,1-3H3. The van der Waals surface area contributed by atoms with Gasteiger partial charge in [-0.1, -0.05) is 11.8 Å². The molecule has 0 saturated heterocycles. The van der Waals surface area contributed by atoms with Crippen LogP contribution in [0.4, 0.5) is 0 Å². The first-order chi connectivity index (χ1) is 7.63. The molecule has 1 aromatic rings. The lowest BCUT2D eigenvalue weighted by atomic mass is 10.2. The van der Waals surface area contributed by atoms with Gasteiger partial charge in [-0.3, -0.25) is 4.79 Å². The minimum atomic E-state index is -0.560. The third-order valence-electron chi connectivity index (χ3n) is 1.87. The molecule has 0 radical (unpaired) electrons. The number of rotatable bonds is 4. The maximum atomic E-state index is 11.6. The van der Waals surface area contributed by atoms with Crippen LogP contribution in [0.1, 0.15) is 33.5 Å². The van der Waals surface area contributed by atoms with Crippen molar-refractivity contribution in [3.8, 4) is 0 Å². The molecule has 0 atom stereocenters. The van der Waals surface area contributed by atoms with Crippen molar-refractivity contribution >= 4 is 24.0 Å². The fraction of sp³-hybridized carbons (Fsp3) is 0.400. The number of carbonyl (C=O) groups is 2.